The van der Waals surface area contributed by atoms with Crippen LogP contribution in [0, 0.1) is 5.92 Å². The number of ether oxygens (including phenoxy) is 1. The van der Waals surface area contributed by atoms with Crippen molar-refractivity contribution in [2.75, 3.05) is 36.9 Å². The van der Waals surface area contributed by atoms with E-state index < -0.39 is 0 Å². The van der Waals surface area contributed by atoms with Crippen molar-refractivity contribution in [3.8, 4) is 0 Å². The molecule has 1 aliphatic rings. The van der Waals surface area contributed by atoms with Crippen LogP contribution < -0.4 is 10.6 Å². The van der Waals surface area contributed by atoms with Gasteiger partial charge in [-0.3, -0.25) is 0 Å². The van der Waals surface area contributed by atoms with Gasteiger partial charge in [-0.05, 0) is 25.7 Å². The van der Waals surface area contributed by atoms with Gasteiger partial charge in [0.25, 0.3) is 0 Å². The van der Waals surface area contributed by atoms with Gasteiger partial charge in [0.1, 0.15) is 10.8 Å². The van der Waals surface area contributed by atoms with Crippen LogP contribution in [0.5, 0.6) is 0 Å². The molecule has 1 aromatic rings. The number of nitrogens with one attached hydrogen (secondary N) is 2. The zero-order chi connectivity index (χ0) is 12.8. The van der Waals surface area contributed by atoms with Crippen molar-refractivity contribution in [2.45, 2.75) is 19.8 Å². The molecule has 18 heavy (non-hydrogen) atoms. The van der Waals surface area contributed by atoms with Crippen molar-refractivity contribution >= 4 is 23.4 Å². The average molecular weight is 271 g/mol. The van der Waals surface area contributed by atoms with E-state index in [9.17, 15) is 0 Å². The first-order chi connectivity index (χ1) is 8.79. The Labute approximate surface area is 112 Å². The normalized spacial score (nSPS) is 16.6. The van der Waals surface area contributed by atoms with E-state index >= 15 is 0 Å². The van der Waals surface area contributed by atoms with E-state index in [-0.39, 0.29) is 0 Å². The molecule has 0 bridgehead atoms. The van der Waals surface area contributed by atoms with Gasteiger partial charge < -0.3 is 15.4 Å². The fourth-order valence-corrected chi connectivity index (χ4v) is 2.08. The lowest BCUT2D eigenvalue weighted by Gasteiger charge is -2.22. The van der Waals surface area contributed by atoms with E-state index in [1.165, 1.54) is 0 Å². The summed E-state index contributed by atoms with van der Waals surface area (Å²) < 4.78 is 5.34. The second-order valence-corrected chi connectivity index (χ2v) is 4.76. The van der Waals surface area contributed by atoms with Crippen LogP contribution in [0.25, 0.3) is 0 Å². The van der Waals surface area contributed by atoms with E-state index in [0.29, 0.717) is 22.7 Å². The number of hydrogen-bond acceptors (Lipinski definition) is 5. The molecule has 5 nitrogen and oxygen atoms in total. The third kappa shape index (κ3) is 3.71. The predicted octanol–water partition coefficient (Wildman–Crippen LogP) is 2.40. The van der Waals surface area contributed by atoms with Gasteiger partial charge >= 0.3 is 0 Å². The van der Waals surface area contributed by atoms with Crippen molar-refractivity contribution in [1.82, 2.24) is 9.97 Å². The standard InChI is InChI=1S/C12H19ClN4O/c1-2-14-12-16-8-10(13)11(17-12)15-7-9-3-5-18-6-4-9/h8-9H,2-7H2,1H3,(H2,14,15,16,17). The summed E-state index contributed by atoms with van der Waals surface area (Å²) in [4.78, 5) is 8.46. The summed E-state index contributed by atoms with van der Waals surface area (Å²) in [6.45, 7) is 5.39. The van der Waals surface area contributed by atoms with Crippen LogP contribution in [0.2, 0.25) is 5.02 Å². The van der Waals surface area contributed by atoms with Crippen LogP contribution in [-0.2, 0) is 4.74 Å². The lowest BCUT2D eigenvalue weighted by atomic mass is 10.0. The monoisotopic (exact) mass is 270 g/mol. The largest absolute Gasteiger partial charge is 0.381 e. The van der Waals surface area contributed by atoms with Crippen LogP contribution in [0.15, 0.2) is 6.20 Å². The third-order valence-electron chi connectivity index (χ3n) is 2.98. The number of aromatic nitrogens is 2. The first-order valence-corrected chi connectivity index (χ1v) is 6.75. The zero-order valence-corrected chi connectivity index (χ0v) is 11.3. The van der Waals surface area contributed by atoms with Crippen LogP contribution in [-0.4, -0.2) is 36.3 Å². The summed E-state index contributed by atoms with van der Waals surface area (Å²) in [5, 5.41) is 6.93. The Hall–Kier alpha value is -1.07. The van der Waals surface area contributed by atoms with Crippen molar-refractivity contribution in [3.05, 3.63) is 11.2 Å². The Morgan fingerprint density at radius 2 is 2.17 bits per heavy atom. The number of hydrogen-bond donors (Lipinski definition) is 2. The minimum absolute atomic E-state index is 0.559. The summed E-state index contributed by atoms with van der Waals surface area (Å²) >= 11 is 6.07. The van der Waals surface area contributed by atoms with E-state index in [2.05, 4.69) is 20.6 Å². The lowest BCUT2D eigenvalue weighted by molar-refractivity contribution is 0.0699. The molecule has 1 aliphatic heterocycles. The van der Waals surface area contributed by atoms with Crippen LogP contribution in [0.3, 0.4) is 0 Å². The third-order valence-corrected chi connectivity index (χ3v) is 3.25. The molecule has 2 heterocycles. The molecule has 0 unspecified atom stereocenters. The Bertz CT molecular complexity index is 382. The van der Waals surface area contributed by atoms with Crippen LogP contribution in [0.4, 0.5) is 11.8 Å². The van der Waals surface area contributed by atoms with Gasteiger partial charge in [-0.15, -0.1) is 0 Å². The molecule has 0 radical (unpaired) electrons. The van der Waals surface area contributed by atoms with Gasteiger partial charge in [0.2, 0.25) is 5.95 Å². The minimum atomic E-state index is 0.559. The highest BCUT2D eigenvalue weighted by atomic mass is 35.5. The van der Waals surface area contributed by atoms with E-state index in [1.54, 1.807) is 6.20 Å². The van der Waals surface area contributed by atoms with Crippen molar-refractivity contribution in [3.63, 3.8) is 0 Å². The van der Waals surface area contributed by atoms with Gasteiger partial charge in [0.05, 0.1) is 6.20 Å². The second kappa shape index (κ2) is 6.75. The predicted molar refractivity (Wildman–Crippen MR) is 73.2 cm³/mol. The van der Waals surface area contributed by atoms with Gasteiger partial charge in [-0.25, -0.2) is 4.98 Å². The molecule has 100 valence electrons. The maximum absolute atomic E-state index is 6.07. The molecule has 1 aromatic heterocycles. The van der Waals surface area contributed by atoms with Gasteiger partial charge in [0, 0.05) is 26.3 Å². The van der Waals surface area contributed by atoms with E-state index in [1.807, 2.05) is 6.92 Å². The van der Waals surface area contributed by atoms with Crippen LogP contribution in [0.1, 0.15) is 19.8 Å². The highest BCUT2D eigenvalue weighted by Crippen LogP contribution is 2.21. The molecule has 1 saturated heterocycles. The van der Waals surface area contributed by atoms with E-state index in [4.69, 9.17) is 16.3 Å². The molecule has 0 amide bonds. The quantitative estimate of drug-likeness (QED) is 0.860. The molecule has 0 spiro atoms. The molecule has 0 atom stereocenters. The Morgan fingerprint density at radius 3 is 2.89 bits per heavy atom. The molecule has 0 aliphatic carbocycles. The first kappa shape index (κ1) is 13.4. The number of rotatable bonds is 5. The minimum Gasteiger partial charge on any atom is -0.381 e. The fourth-order valence-electron chi connectivity index (χ4n) is 1.93. The molecule has 0 aromatic carbocycles. The topological polar surface area (TPSA) is 59.1 Å². The summed E-state index contributed by atoms with van der Waals surface area (Å²) in [5.74, 6) is 1.94. The second-order valence-electron chi connectivity index (χ2n) is 4.36. The summed E-state index contributed by atoms with van der Waals surface area (Å²) in [6.07, 6.45) is 3.81. The van der Waals surface area contributed by atoms with Crippen LogP contribution >= 0.6 is 11.6 Å². The highest BCUT2D eigenvalue weighted by Gasteiger charge is 2.14. The molecular formula is C12H19ClN4O. The van der Waals surface area contributed by atoms with Crippen molar-refractivity contribution in [1.29, 1.82) is 0 Å². The molecule has 6 heteroatoms. The number of nitrogens with zero attached hydrogens (tertiary/aromatic N) is 2. The van der Waals surface area contributed by atoms with Gasteiger partial charge in [0.15, 0.2) is 0 Å². The smallest absolute Gasteiger partial charge is 0.224 e. The van der Waals surface area contributed by atoms with E-state index in [0.717, 1.165) is 39.1 Å². The summed E-state index contributed by atoms with van der Waals surface area (Å²) in [7, 11) is 0. The first-order valence-electron chi connectivity index (χ1n) is 6.37. The average Bonchev–Trinajstić information content (AvgIpc) is 2.41. The van der Waals surface area contributed by atoms with Crippen molar-refractivity contribution < 1.29 is 4.74 Å². The SMILES string of the molecule is CCNc1ncc(Cl)c(NCC2CCOCC2)n1. The Balaban J connectivity index is 1.92. The van der Waals surface area contributed by atoms with Gasteiger partial charge in [-0.1, -0.05) is 11.6 Å². The summed E-state index contributed by atoms with van der Waals surface area (Å²) in [6, 6.07) is 0. The lowest BCUT2D eigenvalue weighted by Crippen LogP contribution is -2.23. The molecule has 0 saturated carbocycles. The summed E-state index contributed by atoms with van der Waals surface area (Å²) in [5.41, 5.74) is 0. The van der Waals surface area contributed by atoms with Gasteiger partial charge in [-0.2, -0.15) is 4.98 Å². The Morgan fingerprint density at radius 1 is 1.39 bits per heavy atom. The maximum Gasteiger partial charge on any atom is 0.224 e. The number of anilines is 2. The number of halogens is 1. The maximum atomic E-state index is 6.07. The molecular weight excluding hydrogens is 252 g/mol. The highest BCUT2D eigenvalue weighted by molar-refractivity contribution is 6.32. The van der Waals surface area contributed by atoms with Crippen molar-refractivity contribution in [2.24, 2.45) is 5.92 Å². The Kier molecular flexibility index (Phi) is 5.01. The molecule has 2 rings (SSSR count). The molecule has 2 N–H and O–H groups in total. The molecule has 1 fully saturated rings. The fraction of sp³-hybridized carbons (Fsp3) is 0.667. The zero-order valence-electron chi connectivity index (χ0n) is 10.6.